The summed E-state index contributed by atoms with van der Waals surface area (Å²) >= 11 is 0. The van der Waals surface area contributed by atoms with Crippen LogP contribution in [-0.2, 0) is 0 Å². The number of aliphatic hydroxyl groups is 1. The van der Waals surface area contributed by atoms with Crippen molar-refractivity contribution in [1.82, 2.24) is 14.9 Å². The molecular weight excluding hydrogens is 198 g/mol. The van der Waals surface area contributed by atoms with Gasteiger partial charge in [0.15, 0.2) is 0 Å². The van der Waals surface area contributed by atoms with Gasteiger partial charge in [0, 0.05) is 31.8 Å². The number of hydrogen-bond acceptors (Lipinski definition) is 4. The van der Waals surface area contributed by atoms with Crippen molar-refractivity contribution >= 4 is 5.91 Å². The number of hydrogen-bond donors (Lipinski definition) is 2. The number of aromatic amines is 1. The van der Waals surface area contributed by atoms with E-state index in [9.17, 15) is 9.59 Å². The fourth-order valence-corrected chi connectivity index (χ4v) is 1.47. The van der Waals surface area contributed by atoms with Crippen LogP contribution in [0.1, 0.15) is 10.5 Å². The highest BCUT2D eigenvalue weighted by molar-refractivity contribution is 5.92. The van der Waals surface area contributed by atoms with Gasteiger partial charge >= 0.3 is 0 Å². The molecule has 2 N–H and O–H groups in total. The van der Waals surface area contributed by atoms with Crippen LogP contribution >= 0.6 is 0 Å². The molecule has 6 heteroatoms. The van der Waals surface area contributed by atoms with Crippen molar-refractivity contribution in [1.29, 1.82) is 0 Å². The van der Waals surface area contributed by atoms with E-state index in [-0.39, 0.29) is 29.7 Å². The van der Waals surface area contributed by atoms with Gasteiger partial charge in [0.25, 0.3) is 11.5 Å². The highest BCUT2D eigenvalue weighted by Crippen LogP contribution is 2.16. The molecule has 0 bridgehead atoms. The van der Waals surface area contributed by atoms with E-state index in [1.54, 1.807) is 4.90 Å². The summed E-state index contributed by atoms with van der Waals surface area (Å²) in [5.74, 6) is -0.0346. The Morgan fingerprint density at radius 3 is 2.93 bits per heavy atom. The number of aromatic nitrogens is 2. The van der Waals surface area contributed by atoms with Gasteiger partial charge in [-0.2, -0.15) is 0 Å². The molecule has 0 spiro atoms. The maximum Gasteiger partial charge on any atom is 0.273 e. The van der Waals surface area contributed by atoms with Crippen LogP contribution in [0.3, 0.4) is 0 Å². The quantitative estimate of drug-likeness (QED) is 0.643. The summed E-state index contributed by atoms with van der Waals surface area (Å²) in [4.78, 5) is 30.1. The molecule has 1 fully saturated rings. The van der Waals surface area contributed by atoms with E-state index in [1.807, 2.05) is 0 Å². The van der Waals surface area contributed by atoms with Crippen LogP contribution in [0, 0.1) is 5.92 Å². The van der Waals surface area contributed by atoms with Crippen molar-refractivity contribution in [2.45, 2.75) is 0 Å². The Balaban J connectivity index is 2.03. The largest absolute Gasteiger partial charge is 0.396 e. The first-order chi connectivity index (χ1) is 7.20. The van der Waals surface area contributed by atoms with Crippen LogP contribution in [0.4, 0.5) is 0 Å². The van der Waals surface area contributed by atoms with Gasteiger partial charge in [-0.25, -0.2) is 4.98 Å². The Labute approximate surface area is 85.6 Å². The minimum absolute atomic E-state index is 0.100. The molecular formula is C9H11N3O3. The Morgan fingerprint density at radius 2 is 2.40 bits per heavy atom. The first-order valence-corrected chi connectivity index (χ1v) is 4.65. The van der Waals surface area contributed by atoms with Gasteiger partial charge in [-0.05, 0) is 0 Å². The molecule has 1 aromatic rings. The van der Waals surface area contributed by atoms with Crippen molar-refractivity contribution in [3.63, 3.8) is 0 Å². The molecule has 1 saturated heterocycles. The number of rotatable bonds is 2. The number of amides is 1. The number of nitrogens with one attached hydrogen (secondary N) is 1. The first kappa shape index (κ1) is 9.85. The number of aliphatic hydroxyl groups excluding tert-OH is 1. The summed E-state index contributed by atoms with van der Waals surface area (Å²) in [6.45, 7) is 1.20. The molecule has 0 radical (unpaired) electrons. The van der Waals surface area contributed by atoms with E-state index in [1.165, 1.54) is 6.20 Å². The highest BCUT2D eigenvalue weighted by Gasteiger charge is 2.31. The van der Waals surface area contributed by atoms with E-state index in [0.29, 0.717) is 13.1 Å². The number of carbonyl (C=O) groups excluding carboxylic acids is 1. The highest BCUT2D eigenvalue weighted by atomic mass is 16.3. The lowest BCUT2D eigenvalue weighted by Crippen LogP contribution is -2.51. The third-order valence-corrected chi connectivity index (χ3v) is 2.39. The maximum atomic E-state index is 11.7. The maximum absolute atomic E-state index is 11.7. The van der Waals surface area contributed by atoms with Gasteiger partial charge in [-0.15, -0.1) is 0 Å². The molecule has 1 aliphatic rings. The minimum atomic E-state index is -0.330. The zero-order valence-electron chi connectivity index (χ0n) is 8.01. The van der Waals surface area contributed by atoms with E-state index in [4.69, 9.17) is 5.11 Å². The first-order valence-electron chi connectivity index (χ1n) is 4.65. The smallest absolute Gasteiger partial charge is 0.273 e. The molecule has 2 rings (SSSR count). The minimum Gasteiger partial charge on any atom is -0.396 e. The van der Waals surface area contributed by atoms with Crippen molar-refractivity contribution in [3.05, 3.63) is 28.4 Å². The van der Waals surface area contributed by atoms with E-state index in [0.717, 1.165) is 6.20 Å². The van der Waals surface area contributed by atoms with E-state index in [2.05, 4.69) is 9.97 Å². The van der Waals surface area contributed by atoms with Crippen LogP contribution < -0.4 is 5.56 Å². The lowest BCUT2D eigenvalue weighted by Gasteiger charge is -2.37. The monoisotopic (exact) mass is 209 g/mol. The number of carbonyl (C=O) groups is 1. The molecule has 0 aliphatic carbocycles. The molecule has 1 aliphatic heterocycles. The molecule has 2 heterocycles. The molecule has 0 saturated carbocycles. The number of H-pyrrole nitrogens is 1. The van der Waals surface area contributed by atoms with Gasteiger partial charge in [-0.1, -0.05) is 0 Å². The average Bonchev–Trinajstić information content (AvgIpc) is 2.17. The Hall–Kier alpha value is -1.69. The Kier molecular flexibility index (Phi) is 2.51. The zero-order chi connectivity index (χ0) is 10.8. The fraction of sp³-hybridized carbons (Fsp3) is 0.444. The van der Waals surface area contributed by atoms with Crippen molar-refractivity contribution in [2.75, 3.05) is 19.7 Å². The Morgan fingerprint density at radius 1 is 1.67 bits per heavy atom. The number of nitrogens with zero attached hydrogens (tertiary/aromatic N) is 2. The lowest BCUT2D eigenvalue weighted by molar-refractivity contribution is 0.0356. The average molecular weight is 209 g/mol. The van der Waals surface area contributed by atoms with Crippen LogP contribution in [0.25, 0.3) is 0 Å². The van der Waals surface area contributed by atoms with Crippen LogP contribution in [-0.4, -0.2) is 45.6 Å². The summed E-state index contributed by atoms with van der Waals surface area (Å²) in [6, 6.07) is 0. The standard InChI is InChI=1S/C9H11N3O3/c13-5-6-3-12(4-6)9(15)7-1-11-8(14)2-10-7/h1-2,6,13H,3-5H2,(H,11,14). The van der Waals surface area contributed by atoms with Gasteiger partial charge in [0.1, 0.15) is 5.69 Å². The van der Waals surface area contributed by atoms with E-state index >= 15 is 0 Å². The molecule has 0 unspecified atom stereocenters. The molecule has 1 aromatic heterocycles. The van der Waals surface area contributed by atoms with Gasteiger partial charge in [-0.3, -0.25) is 9.59 Å². The fourth-order valence-electron chi connectivity index (χ4n) is 1.47. The number of likely N-dealkylation sites (tertiary alicyclic amines) is 1. The third kappa shape index (κ3) is 1.89. The van der Waals surface area contributed by atoms with Crippen molar-refractivity contribution in [3.8, 4) is 0 Å². The summed E-state index contributed by atoms with van der Waals surface area (Å²) in [5, 5.41) is 8.79. The second-order valence-corrected chi connectivity index (χ2v) is 3.56. The van der Waals surface area contributed by atoms with E-state index < -0.39 is 0 Å². The van der Waals surface area contributed by atoms with Crippen molar-refractivity contribution < 1.29 is 9.90 Å². The molecule has 6 nitrogen and oxygen atoms in total. The van der Waals surface area contributed by atoms with Gasteiger partial charge in [0.05, 0.1) is 6.20 Å². The second-order valence-electron chi connectivity index (χ2n) is 3.56. The van der Waals surface area contributed by atoms with Crippen LogP contribution in [0.5, 0.6) is 0 Å². The van der Waals surface area contributed by atoms with Crippen molar-refractivity contribution in [2.24, 2.45) is 5.92 Å². The second kappa shape index (κ2) is 3.82. The Bertz CT molecular complexity index is 402. The topological polar surface area (TPSA) is 86.3 Å². The molecule has 1 amide bonds. The van der Waals surface area contributed by atoms with Crippen LogP contribution in [0.15, 0.2) is 17.2 Å². The molecule has 0 aromatic carbocycles. The normalized spacial score (nSPS) is 16.2. The lowest BCUT2D eigenvalue weighted by atomic mass is 10.0. The molecule has 15 heavy (non-hydrogen) atoms. The van der Waals surface area contributed by atoms with Crippen LogP contribution in [0.2, 0.25) is 0 Å². The third-order valence-electron chi connectivity index (χ3n) is 2.39. The molecule has 0 atom stereocenters. The molecule has 80 valence electrons. The summed E-state index contributed by atoms with van der Waals surface area (Å²) < 4.78 is 0. The summed E-state index contributed by atoms with van der Waals surface area (Å²) in [7, 11) is 0. The summed E-state index contributed by atoms with van der Waals surface area (Å²) in [5.41, 5.74) is -0.102. The predicted molar refractivity (Wildman–Crippen MR) is 51.3 cm³/mol. The predicted octanol–water partition coefficient (Wildman–Crippen LogP) is -1.17. The van der Waals surface area contributed by atoms with Gasteiger partial charge < -0.3 is 15.0 Å². The zero-order valence-corrected chi connectivity index (χ0v) is 8.01. The SMILES string of the molecule is O=C(c1c[nH]c(=O)cn1)N1CC(CO)C1. The summed E-state index contributed by atoms with van der Waals surface area (Å²) in [6.07, 6.45) is 2.38. The van der Waals surface area contributed by atoms with Gasteiger partial charge in [0.2, 0.25) is 0 Å².